The van der Waals surface area contributed by atoms with E-state index in [2.05, 4.69) is 4.98 Å². The summed E-state index contributed by atoms with van der Waals surface area (Å²) in [4.78, 5) is 13.5. The Morgan fingerprint density at radius 3 is 2.91 bits per heavy atom. The summed E-state index contributed by atoms with van der Waals surface area (Å²) in [5.74, 6) is 0.0648. The topological polar surface area (TPSA) is 65.9 Å². The van der Waals surface area contributed by atoms with Gasteiger partial charge in [0.25, 0.3) is 0 Å². The first-order valence-corrected chi connectivity index (χ1v) is 2.95. The molecule has 0 atom stereocenters. The minimum atomic E-state index is -0.289. The second kappa shape index (κ2) is 2.88. The largest absolute Gasteiger partial charge is 0.490 e. The molecule has 4 nitrogen and oxygen atoms in total. The van der Waals surface area contributed by atoms with E-state index < -0.39 is 0 Å². The number of H-pyrrole nitrogens is 1. The fraction of sp³-hybridized carbons (Fsp3) is 0.143. The van der Waals surface area contributed by atoms with Crippen LogP contribution in [0, 0.1) is 11.3 Å². The van der Waals surface area contributed by atoms with Gasteiger partial charge >= 0.3 is 0 Å². The summed E-state index contributed by atoms with van der Waals surface area (Å²) in [6.45, 7) is 0. The minimum absolute atomic E-state index is 0.0648. The number of nitriles is 1. The molecule has 1 rings (SSSR count). The molecule has 1 aromatic heterocycles. The highest BCUT2D eigenvalue weighted by Gasteiger charge is 2.04. The predicted octanol–water partition coefficient (Wildman–Crippen LogP) is 0.255. The molecule has 11 heavy (non-hydrogen) atoms. The van der Waals surface area contributed by atoms with Gasteiger partial charge in [0.05, 0.1) is 7.11 Å². The fourth-order valence-electron chi connectivity index (χ4n) is 0.751. The van der Waals surface area contributed by atoms with E-state index in [0.717, 1.165) is 0 Å². The van der Waals surface area contributed by atoms with E-state index >= 15 is 0 Å². The van der Waals surface area contributed by atoms with Crippen LogP contribution in [-0.2, 0) is 0 Å². The lowest BCUT2D eigenvalue weighted by molar-refractivity contribution is 0.407. The molecule has 0 fully saturated rings. The van der Waals surface area contributed by atoms with Gasteiger partial charge < -0.3 is 9.72 Å². The highest BCUT2D eigenvalue weighted by atomic mass is 16.5. The third kappa shape index (κ3) is 1.22. The number of aromatic nitrogens is 1. The van der Waals surface area contributed by atoms with Crippen LogP contribution in [0.3, 0.4) is 0 Å². The zero-order valence-corrected chi connectivity index (χ0v) is 5.92. The first kappa shape index (κ1) is 7.35. The molecule has 0 aliphatic heterocycles. The lowest BCUT2D eigenvalue weighted by atomic mass is 10.3. The molecular weight excluding hydrogens is 144 g/mol. The van der Waals surface area contributed by atoms with E-state index in [1.54, 1.807) is 6.07 Å². The highest BCUT2D eigenvalue weighted by molar-refractivity contribution is 5.36. The number of nitrogens with one attached hydrogen (secondary N) is 1. The molecule has 1 heterocycles. The third-order valence-corrected chi connectivity index (χ3v) is 1.23. The second-order valence-electron chi connectivity index (χ2n) is 1.86. The van der Waals surface area contributed by atoms with Crippen molar-refractivity contribution in [3.63, 3.8) is 0 Å². The van der Waals surface area contributed by atoms with Crippen LogP contribution in [-0.4, -0.2) is 12.1 Å². The Morgan fingerprint density at radius 1 is 1.73 bits per heavy atom. The standard InChI is InChI=1S/C7H6N2O2/c1-11-7-5(4-8)9-3-2-6(7)10/h2-3H,1H3,(H,9,10). The molecule has 1 N–H and O–H groups in total. The van der Waals surface area contributed by atoms with Gasteiger partial charge in [-0.2, -0.15) is 5.26 Å². The Labute approximate surface area is 63.0 Å². The average Bonchev–Trinajstić information content (AvgIpc) is 2.04. The molecule has 4 heteroatoms. The normalized spacial score (nSPS) is 8.73. The molecule has 0 unspecified atom stereocenters. The number of rotatable bonds is 1. The van der Waals surface area contributed by atoms with Crippen molar-refractivity contribution in [1.29, 1.82) is 5.26 Å². The van der Waals surface area contributed by atoms with Gasteiger partial charge in [0.2, 0.25) is 11.2 Å². The van der Waals surface area contributed by atoms with Crippen LogP contribution in [0.4, 0.5) is 0 Å². The van der Waals surface area contributed by atoms with Crippen LogP contribution in [0.15, 0.2) is 17.1 Å². The predicted molar refractivity (Wildman–Crippen MR) is 38.3 cm³/mol. The van der Waals surface area contributed by atoms with E-state index in [0.29, 0.717) is 0 Å². The zero-order chi connectivity index (χ0) is 8.27. The summed E-state index contributed by atoms with van der Waals surface area (Å²) in [7, 11) is 1.35. The molecular formula is C7H6N2O2. The Hall–Kier alpha value is -1.76. The monoisotopic (exact) mass is 150 g/mol. The lowest BCUT2D eigenvalue weighted by Crippen LogP contribution is -2.06. The zero-order valence-electron chi connectivity index (χ0n) is 5.92. The van der Waals surface area contributed by atoms with E-state index in [1.165, 1.54) is 19.4 Å². The van der Waals surface area contributed by atoms with E-state index in [9.17, 15) is 4.79 Å². The number of nitrogens with zero attached hydrogens (tertiary/aromatic N) is 1. The maximum Gasteiger partial charge on any atom is 0.224 e. The summed E-state index contributed by atoms with van der Waals surface area (Å²) in [6.07, 6.45) is 1.41. The van der Waals surface area contributed by atoms with Gasteiger partial charge in [-0.25, -0.2) is 0 Å². The molecule has 56 valence electrons. The van der Waals surface area contributed by atoms with Crippen molar-refractivity contribution in [1.82, 2.24) is 4.98 Å². The molecule has 0 amide bonds. The number of aromatic amines is 1. The molecule has 0 aromatic carbocycles. The van der Waals surface area contributed by atoms with Gasteiger partial charge in [-0.05, 0) is 0 Å². The first-order valence-electron chi connectivity index (χ1n) is 2.95. The summed E-state index contributed by atoms with van der Waals surface area (Å²) in [6, 6.07) is 3.11. The highest BCUT2D eigenvalue weighted by Crippen LogP contribution is 2.05. The Kier molecular flexibility index (Phi) is 1.93. The van der Waals surface area contributed by atoms with Gasteiger partial charge in [0, 0.05) is 12.3 Å². The van der Waals surface area contributed by atoms with Crippen molar-refractivity contribution in [2.75, 3.05) is 7.11 Å². The molecule has 1 aromatic rings. The van der Waals surface area contributed by atoms with Crippen molar-refractivity contribution >= 4 is 0 Å². The molecule has 0 saturated carbocycles. The number of ether oxygens (including phenoxy) is 1. The van der Waals surface area contributed by atoms with Gasteiger partial charge in [-0.1, -0.05) is 0 Å². The molecule has 0 aliphatic rings. The lowest BCUT2D eigenvalue weighted by Gasteiger charge is -1.98. The molecule has 0 saturated heterocycles. The number of hydrogen-bond donors (Lipinski definition) is 1. The number of pyridine rings is 1. The quantitative estimate of drug-likeness (QED) is 0.624. The second-order valence-corrected chi connectivity index (χ2v) is 1.86. The number of methoxy groups -OCH3 is 1. The van der Waals surface area contributed by atoms with Crippen molar-refractivity contribution in [2.45, 2.75) is 0 Å². The van der Waals surface area contributed by atoms with Gasteiger partial charge in [0.1, 0.15) is 6.07 Å². The van der Waals surface area contributed by atoms with Gasteiger partial charge in [-0.15, -0.1) is 0 Å². The van der Waals surface area contributed by atoms with E-state index in [1.807, 2.05) is 0 Å². The van der Waals surface area contributed by atoms with Gasteiger partial charge in [0.15, 0.2) is 5.69 Å². The van der Waals surface area contributed by atoms with Crippen molar-refractivity contribution in [2.24, 2.45) is 0 Å². The Balaban J connectivity index is 3.39. The summed E-state index contributed by atoms with van der Waals surface area (Å²) >= 11 is 0. The SMILES string of the molecule is COc1c(C#N)[nH]ccc1=O. The third-order valence-electron chi connectivity index (χ3n) is 1.23. The Morgan fingerprint density at radius 2 is 2.45 bits per heavy atom. The van der Waals surface area contributed by atoms with Crippen LogP contribution in [0.1, 0.15) is 5.69 Å². The summed E-state index contributed by atoms with van der Waals surface area (Å²) in [5.41, 5.74) is -0.136. The molecule has 0 radical (unpaired) electrons. The Bertz CT molecular complexity index is 348. The fourth-order valence-corrected chi connectivity index (χ4v) is 0.751. The molecule has 0 aliphatic carbocycles. The van der Waals surface area contributed by atoms with Crippen LogP contribution in [0.5, 0.6) is 5.75 Å². The van der Waals surface area contributed by atoms with Crippen LogP contribution >= 0.6 is 0 Å². The van der Waals surface area contributed by atoms with E-state index in [-0.39, 0.29) is 16.9 Å². The smallest absolute Gasteiger partial charge is 0.224 e. The summed E-state index contributed by atoms with van der Waals surface area (Å²) < 4.78 is 4.70. The number of hydrogen-bond acceptors (Lipinski definition) is 3. The van der Waals surface area contributed by atoms with Crippen molar-refractivity contribution in [3.8, 4) is 11.8 Å². The minimum Gasteiger partial charge on any atom is -0.490 e. The maximum absolute atomic E-state index is 10.9. The van der Waals surface area contributed by atoms with Crippen molar-refractivity contribution < 1.29 is 4.74 Å². The molecule has 0 bridgehead atoms. The van der Waals surface area contributed by atoms with Crippen LogP contribution in [0.2, 0.25) is 0 Å². The first-order chi connectivity index (χ1) is 5.29. The van der Waals surface area contributed by atoms with Crippen LogP contribution < -0.4 is 10.2 Å². The van der Waals surface area contributed by atoms with Gasteiger partial charge in [-0.3, -0.25) is 4.79 Å². The van der Waals surface area contributed by atoms with E-state index in [4.69, 9.17) is 10.00 Å². The van der Waals surface area contributed by atoms with Crippen molar-refractivity contribution in [3.05, 3.63) is 28.2 Å². The van der Waals surface area contributed by atoms with Crippen LogP contribution in [0.25, 0.3) is 0 Å². The molecule has 0 spiro atoms. The average molecular weight is 150 g/mol. The maximum atomic E-state index is 10.9. The summed E-state index contributed by atoms with van der Waals surface area (Å²) in [5, 5.41) is 8.47.